The molecular formula is C9H9ClN2OS. The number of thiazole rings is 1. The number of aromatic nitrogens is 1. The zero-order valence-electron chi connectivity index (χ0n) is 7.58. The summed E-state index contributed by atoms with van der Waals surface area (Å²) in [6, 6.07) is 3.66. The molecule has 0 atom stereocenters. The van der Waals surface area contributed by atoms with Crippen molar-refractivity contribution in [3.05, 3.63) is 17.2 Å². The molecule has 0 radical (unpaired) electrons. The fraction of sp³-hybridized carbons (Fsp3) is 0.222. The van der Waals surface area contributed by atoms with E-state index in [2.05, 4.69) is 4.98 Å². The van der Waals surface area contributed by atoms with Gasteiger partial charge in [-0.1, -0.05) is 22.9 Å². The predicted octanol–water partition coefficient (Wildman–Crippen LogP) is 2.93. The van der Waals surface area contributed by atoms with E-state index in [1.165, 1.54) is 11.3 Å². The first-order valence-corrected chi connectivity index (χ1v) is 5.38. The van der Waals surface area contributed by atoms with Gasteiger partial charge in [0, 0.05) is 6.07 Å². The van der Waals surface area contributed by atoms with E-state index in [1.54, 1.807) is 6.07 Å². The van der Waals surface area contributed by atoms with Crippen molar-refractivity contribution in [2.45, 2.75) is 6.92 Å². The lowest BCUT2D eigenvalue weighted by Crippen LogP contribution is -1.90. The molecule has 0 aliphatic heterocycles. The molecule has 0 spiro atoms. The molecule has 3 nitrogen and oxygen atoms in total. The first-order valence-electron chi connectivity index (χ1n) is 4.19. The van der Waals surface area contributed by atoms with Crippen LogP contribution in [0.5, 0.6) is 5.75 Å². The summed E-state index contributed by atoms with van der Waals surface area (Å²) in [6.07, 6.45) is 0. The van der Waals surface area contributed by atoms with Crippen LogP contribution in [0.4, 0.5) is 5.13 Å². The number of benzene rings is 1. The number of anilines is 1. The van der Waals surface area contributed by atoms with Gasteiger partial charge in [0.25, 0.3) is 0 Å². The van der Waals surface area contributed by atoms with Crippen LogP contribution in [0.3, 0.4) is 0 Å². The van der Waals surface area contributed by atoms with Crippen molar-refractivity contribution in [2.24, 2.45) is 0 Å². The summed E-state index contributed by atoms with van der Waals surface area (Å²) in [5.41, 5.74) is 6.34. The normalized spacial score (nSPS) is 10.7. The van der Waals surface area contributed by atoms with Crippen LogP contribution in [0, 0.1) is 0 Å². The van der Waals surface area contributed by atoms with Crippen LogP contribution in [-0.4, -0.2) is 11.6 Å². The van der Waals surface area contributed by atoms with E-state index in [0.29, 0.717) is 16.8 Å². The number of hydrogen-bond donors (Lipinski definition) is 1. The number of nitrogens with zero attached hydrogens (tertiary/aromatic N) is 1. The van der Waals surface area contributed by atoms with Crippen molar-refractivity contribution in [1.82, 2.24) is 4.98 Å². The Bertz CT molecular complexity index is 469. The quantitative estimate of drug-likeness (QED) is 0.860. The van der Waals surface area contributed by atoms with Crippen molar-refractivity contribution in [3.8, 4) is 5.75 Å². The summed E-state index contributed by atoms with van der Waals surface area (Å²) in [6.45, 7) is 2.55. The molecule has 0 saturated heterocycles. The summed E-state index contributed by atoms with van der Waals surface area (Å²) in [7, 11) is 0. The van der Waals surface area contributed by atoms with Gasteiger partial charge in [-0.25, -0.2) is 4.98 Å². The average Bonchev–Trinajstić information content (AvgIpc) is 2.47. The lowest BCUT2D eigenvalue weighted by atomic mass is 10.3. The molecule has 2 rings (SSSR count). The average molecular weight is 229 g/mol. The zero-order chi connectivity index (χ0) is 10.1. The van der Waals surface area contributed by atoms with E-state index in [9.17, 15) is 0 Å². The summed E-state index contributed by atoms with van der Waals surface area (Å²) >= 11 is 7.43. The minimum Gasteiger partial charge on any atom is -0.494 e. The highest BCUT2D eigenvalue weighted by Crippen LogP contribution is 2.33. The molecule has 0 saturated carbocycles. The molecule has 1 heterocycles. The van der Waals surface area contributed by atoms with E-state index in [4.69, 9.17) is 22.1 Å². The lowest BCUT2D eigenvalue weighted by molar-refractivity contribution is 0.341. The van der Waals surface area contributed by atoms with Gasteiger partial charge in [0.1, 0.15) is 11.3 Å². The second-order valence-corrected chi connectivity index (χ2v) is 4.21. The van der Waals surface area contributed by atoms with Gasteiger partial charge < -0.3 is 10.5 Å². The summed E-state index contributed by atoms with van der Waals surface area (Å²) in [5, 5.41) is 1.11. The van der Waals surface area contributed by atoms with Gasteiger partial charge in [0.15, 0.2) is 5.13 Å². The van der Waals surface area contributed by atoms with Gasteiger partial charge in [-0.2, -0.15) is 0 Å². The van der Waals surface area contributed by atoms with Crippen LogP contribution in [-0.2, 0) is 0 Å². The second-order valence-electron chi connectivity index (χ2n) is 2.74. The van der Waals surface area contributed by atoms with Gasteiger partial charge in [0.2, 0.25) is 0 Å². The molecule has 14 heavy (non-hydrogen) atoms. The minimum atomic E-state index is 0.524. The van der Waals surface area contributed by atoms with E-state index in [0.717, 1.165) is 16.0 Å². The minimum absolute atomic E-state index is 0.524. The van der Waals surface area contributed by atoms with Crippen molar-refractivity contribution >= 4 is 38.3 Å². The van der Waals surface area contributed by atoms with Gasteiger partial charge >= 0.3 is 0 Å². The van der Waals surface area contributed by atoms with Crippen LogP contribution >= 0.6 is 22.9 Å². The summed E-state index contributed by atoms with van der Waals surface area (Å²) in [4.78, 5) is 4.12. The molecule has 0 bridgehead atoms. The molecule has 74 valence electrons. The van der Waals surface area contributed by atoms with E-state index < -0.39 is 0 Å². The largest absolute Gasteiger partial charge is 0.494 e. The molecule has 1 aromatic carbocycles. The monoisotopic (exact) mass is 228 g/mol. The zero-order valence-corrected chi connectivity index (χ0v) is 9.15. The molecule has 2 aromatic rings. The molecule has 0 fully saturated rings. The van der Waals surface area contributed by atoms with Crippen molar-refractivity contribution < 1.29 is 4.74 Å². The van der Waals surface area contributed by atoms with Gasteiger partial charge in [-0.15, -0.1) is 0 Å². The SMILES string of the molecule is CCOc1cc(Cl)c2nc(N)sc2c1. The maximum atomic E-state index is 6.02. The smallest absolute Gasteiger partial charge is 0.181 e. The van der Waals surface area contributed by atoms with Crippen LogP contribution in [0.15, 0.2) is 12.1 Å². The van der Waals surface area contributed by atoms with E-state index in [-0.39, 0.29) is 0 Å². The third-order valence-corrected chi connectivity index (χ3v) is 2.87. The Morgan fingerprint density at radius 1 is 1.57 bits per heavy atom. The van der Waals surface area contributed by atoms with Gasteiger partial charge in [0.05, 0.1) is 16.3 Å². The first-order chi connectivity index (χ1) is 6.70. The van der Waals surface area contributed by atoms with Gasteiger partial charge in [-0.3, -0.25) is 0 Å². The van der Waals surface area contributed by atoms with Crippen LogP contribution in [0.1, 0.15) is 6.92 Å². The second kappa shape index (κ2) is 3.63. The lowest BCUT2D eigenvalue weighted by Gasteiger charge is -2.02. The van der Waals surface area contributed by atoms with Crippen molar-refractivity contribution in [2.75, 3.05) is 12.3 Å². The number of fused-ring (bicyclic) bond motifs is 1. The van der Waals surface area contributed by atoms with Crippen LogP contribution in [0.25, 0.3) is 10.2 Å². The predicted molar refractivity (Wildman–Crippen MR) is 60.2 cm³/mol. The highest BCUT2D eigenvalue weighted by molar-refractivity contribution is 7.22. The summed E-state index contributed by atoms with van der Waals surface area (Å²) in [5.74, 6) is 0.758. The maximum absolute atomic E-state index is 6.02. The fourth-order valence-electron chi connectivity index (χ4n) is 1.23. The Hall–Kier alpha value is -1.00. The number of nitrogens with two attached hydrogens (primary N) is 1. The molecule has 2 N–H and O–H groups in total. The third kappa shape index (κ3) is 1.63. The number of ether oxygens (including phenoxy) is 1. The Labute approximate surface area is 90.5 Å². The number of rotatable bonds is 2. The molecule has 1 aromatic heterocycles. The number of halogens is 1. The standard InChI is InChI=1S/C9H9ClN2OS/c1-2-13-5-3-6(10)8-7(4-5)14-9(11)12-8/h3-4H,2H2,1H3,(H2,11,12). The molecule has 0 aliphatic carbocycles. The Morgan fingerprint density at radius 3 is 3.07 bits per heavy atom. The molecule has 5 heteroatoms. The topological polar surface area (TPSA) is 48.1 Å². The molecule has 0 aliphatic rings. The van der Waals surface area contributed by atoms with E-state index in [1.807, 2.05) is 13.0 Å². The van der Waals surface area contributed by atoms with Gasteiger partial charge in [-0.05, 0) is 13.0 Å². The molecule has 0 amide bonds. The van der Waals surface area contributed by atoms with Crippen molar-refractivity contribution in [1.29, 1.82) is 0 Å². The summed E-state index contributed by atoms with van der Waals surface area (Å²) < 4.78 is 6.31. The molecule has 0 unspecified atom stereocenters. The highest BCUT2D eigenvalue weighted by Gasteiger charge is 2.07. The fourth-order valence-corrected chi connectivity index (χ4v) is 2.33. The third-order valence-electron chi connectivity index (χ3n) is 1.75. The number of nitrogen functional groups attached to an aromatic ring is 1. The van der Waals surface area contributed by atoms with E-state index >= 15 is 0 Å². The Morgan fingerprint density at radius 2 is 2.36 bits per heavy atom. The maximum Gasteiger partial charge on any atom is 0.181 e. The van der Waals surface area contributed by atoms with Crippen LogP contribution in [0.2, 0.25) is 5.02 Å². The highest BCUT2D eigenvalue weighted by atomic mass is 35.5. The number of hydrogen-bond acceptors (Lipinski definition) is 4. The Balaban J connectivity index is 2.59. The van der Waals surface area contributed by atoms with Crippen molar-refractivity contribution in [3.63, 3.8) is 0 Å². The van der Waals surface area contributed by atoms with Crippen LogP contribution < -0.4 is 10.5 Å². The Kier molecular flexibility index (Phi) is 2.48. The molecular weight excluding hydrogens is 220 g/mol. The first kappa shape index (κ1) is 9.55.